The van der Waals surface area contributed by atoms with Gasteiger partial charge in [-0.15, -0.1) is 0 Å². The first kappa shape index (κ1) is 36.5. The second-order valence-electron chi connectivity index (χ2n) is 12.7. The second-order valence-corrected chi connectivity index (χ2v) is 12.7. The van der Waals surface area contributed by atoms with Crippen LogP contribution in [0.1, 0.15) is 97.8 Å². The first-order valence-electron chi connectivity index (χ1n) is 17.1. The summed E-state index contributed by atoms with van der Waals surface area (Å²) in [4.78, 5) is 42.0. The van der Waals surface area contributed by atoms with E-state index in [9.17, 15) is 14.4 Å². The molecule has 8 nitrogen and oxygen atoms in total. The Morgan fingerprint density at radius 1 is 0.875 bits per heavy atom. The van der Waals surface area contributed by atoms with Gasteiger partial charge in [0.25, 0.3) is 0 Å². The minimum absolute atomic E-state index is 0.00815. The molecule has 0 spiro atoms. The lowest BCUT2D eigenvalue weighted by molar-refractivity contribution is -0.162. The van der Waals surface area contributed by atoms with Gasteiger partial charge in [-0.1, -0.05) is 50.2 Å². The summed E-state index contributed by atoms with van der Waals surface area (Å²) in [5.74, 6) is 0.830. The van der Waals surface area contributed by atoms with Crippen molar-refractivity contribution < 1.29 is 33.3 Å². The number of nitrogens with zero attached hydrogens (tertiary/aromatic N) is 1. The summed E-state index contributed by atoms with van der Waals surface area (Å²) >= 11 is 0. The molecule has 0 aromatic heterocycles. The highest BCUT2D eigenvalue weighted by Crippen LogP contribution is 2.37. The van der Waals surface area contributed by atoms with E-state index < -0.39 is 24.0 Å². The highest BCUT2D eigenvalue weighted by Gasteiger charge is 2.38. The molecule has 0 saturated carbocycles. The molecule has 3 atom stereocenters. The number of esters is 1. The van der Waals surface area contributed by atoms with Crippen LogP contribution in [0.4, 0.5) is 0 Å². The average Bonchev–Trinajstić information content (AvgIpc) is 3.10. The Hall–Kier alpha value is -4.33. The number of amides is 1. The fourth-order valence-corrected chi connectivity index (χ4v) is 6.42. The van der Waals surface area contributed by atoms with E-state index in [0.717, 1.165) is 35.1 Å². The molecular formula is C40H51NO7. The molecule has 3 aromatic rings. The molecule has 3 aromatic carbocycles. The SMILES string of the molecule is CCC(=O)COc1cccc([C@@H](CCc2ccc(C)c(C)c2)OC(=O)[C@@H]2CCCCN2C(=O)[C@@H](CC)c2cc(C)c(OC)c(OC)c2)c1. The molecule has 0 N–H and O–H groups in total. The summed E-state index contributed by atoms with van der Waals surface area (Å²) in [6, 6.07) is 17.0. The Morgan fingerprint density at radius 2 is 1.67 bits per heavy atom. The number of likely N-dealkylation sites (tertiary alicyclic amines) is 1. The summed E-state index contributed by atoms with van der Waals surface area (Å²) < 4.78 is 23.2. The largest absolute Gasteiger partial charge is 0.493 e. The van der Waals surface area contributed by atoms with Gasteiger partial charge in [-0.05, 0) is 111 Å². The van der Waals surface area contributed by atoms with Crippen LogP contribution in [-0.2, 0) is 25.5 Å². The maximum absolute atomic E-state index is 14.2. The van der Waals surface area contributed by atoms with Gasteiger partial charge in [0.2, 0.25) is 5.91 Å². The van der Waals surface area contributed by atoms with Gasteiger partial charge < -0.3 is 23.8 Å². The Morgan fingerprint density at radius 3 is 2.35 bits per heavy atom. The van der Waals surface area contributed by atoms with Gasteiger partial charge in [0, 0.05) is 13.0 Å². The lowest BCUT2D eigenvalue weighted by Gasteiger charge is -2.37. The smallest absolute Gasteiger partial charge is 0.329 e. The number of aryl methyl sites for hydroxylation is 4. The Balaban J connectivity index is 1.59. The van der Waals surface area contributed by atoms with Gasteiger partial charge in [-0.25, -0.2) is 4.79 Å². The molecule has 48 heavy (non-hydrogen) atoms. The van der Waals surface area contributed by atoms with Crippen LogP contribution in [0.25, 0.3) is 0 Å². The van der Waals surface area contributed by atoms with Crippen LogP contribution in [-0.4, -0.2) is 56.0 Å². The normalized spacial score (nSPS) is 15.7. The monoisotopic (exact) mass is 657 g/mol. The van der Waals surface area contributed by atoms with Crippen LogP contribution in [0.3, 0.4) is 0 Å². The van der Waals surface area contributed by atoms with Crippen molar-refractivity contribution >= 4 is 17.7 Å². The van der Waals surface area contributed by atoms with Gasteiger partial charge in [-0.2, -0.15) is 0 Å². The van der Waals surface area contributed by atoms with Crippen LogP contribution in [0, 0.1) is 20.8 Å². The highest BCUT2D eigenvalue weighted by molar-refractivity contribution is 5.89. The fourth-order valence-electron chi connectivity index (χ4n) is 6.42. The predicted molar refractivity (Wildman–Crippen MR) is 187 cm³/mol. The summed E-state index contributed by atoms with van der Waals surface area (Å²) in [7, 11) is 3.19. The number of hydrogen-bond acceptors (Lipinski definition) is 7. The quantitative estimate of drug-likeness (QED) is 0.154. The fraction of sp³-hybridized carbons (Fsp3) is 0.475. The van der Waals surface area contributed by atoms with E-state index in [1.165, 1.54) is 11.1 Å². The van der Waals surface area contributed by atoms with E-state index in [2.05, 4.69) is 32.0 Å². The molecular weight excluding hydrogens is 606 g/mol. The van der Waals surface area contributed by atoms with Crippen LogP contribution in [0.15, 0.2) is 54.6 Å². The Bertz CT molecular complexity index is 1580. The third-order valence-corrected chi connectivity index (χ3v) is 9.40. The van der Waals surface area contributed by atoms with Crippen molar-refractivity contribution in [1.29, 1.82) is 0 Å². The minimum Gasteiger partial charge on any atom is -0.493 e. The summed E-state index contributed by atoms with van der Waals surface area (Å²) in [5, 5.41) is 0. The second kappa shape index (κ2) is 17.2. The molecule has 1 fully saturated rings. The molecule has 4 rings (SSSR count). The van der Waals surface area contributed by atoms with Crippen LogP contribution < -0.4 is 14.2 Å². The number of hydrogen-bond donors (Lipinski definition) is 0. The van der Waals surface area contributed by atoms with Crippen molar-refractivity contribution in [3.05, 3.63) is 88.0 Å². The number of carbonyl (C=O) groups is 3. The standard InChI is InChI=1S/C40H51NO7/c1-8-32(42)25-47-33-14-12-13-30(23-33)36(19-18-29-17-16-26(3)27(4)21-29)48-40(44)35-15-10-11-20-41(35)39(43)34(9-2)31-22-28(5)38(46-7)37(24-31)45-6/h12-14,16-17,21-24,34-36H,8-11,15,18-20,25H2,1-7H3/t34-,35-,36+/m0/s1. The molecule has 1 heterocycles. The van der Waals surface area contributed by atoms with Gasteiger partial charge in [0.1, 0.15) is 24.5 Å². The summed E-state index contributed by atoms with van der Waals surface area (Å²) in [6.07, 6.45) is 3.84. The molecule has 1 saturated heterocycles. The predicted octanol–water partition coefficient (Wildman–Crippen LogP) is 7.78. The van der Waals surface area contributed by atoms with E-state index >= 15 is 0 Å². The minimum atomic E-state index is -0.688. The number of rotatable bonds is 15. The van der Waals surface area contributed by atoms with Crippen molar-refractivity contribution in [2.45, 2.75) is 97.6 Å². The Labute approximate surface area is 285 Å². The molecule has 1 aliphatic rings. The van der Waals surface area contributed by atoms with Gasteiger partial charge >= 0.3 is 5.97 Å². The van der Waals surface area contributed by atoms with Crippen LogP contribution >= 0.6 is 0 Å². The first-order chi connectivity index (χ1) is 23.1. The molecule has 0 aliphatic carbocycles. The van der Waals surface area contributed by atoms with Crippen molar-refractivity contribution in [2.75, 3.05) is 27.4 Å². The van der Waals surface area contributed by atoms with Gasteiger partial charge in [0.05, 0.1) is 20.1 Å². The number of methoxy groups -OCH3 is 2. The Kier molecular flexibility index (Phi) is 13.1. The van der Waals surface area contributed by atoms with Crippen molar-refractivity contribution in [2.24, 2.45) is 0 Å². The molecule has 1 amide bonds. The van der Waals surface area contributed by atoms with Crippen LogP contribution in [0.2, 0.25) is 0 Å². The number of ether oxygens (including phenoxy) is 4. The third-order valence-electron chi connectivity index (χ3n) is 9.40. The van der Waals surface area contributed by atoms with Crippen molar-refractivity contribution in [1.82, 2.24) is 4.90 Å². The van der Waals surface area contributed by atoms with E-state index in [1.807, 2.05) is 44.2 Å². The maximum Gasteiger partial charge on any atom is 0.329 e. The average molecular weight is 658 g/mol. The molecule has 0 bridgehead atoms. The lowest BCUT2D eigenvalue weighted by Crippen LogP contribution is -2.50. The van der Waals surface area contributed by atoms with E-state index in [-0.39, 0.29) is 18.3 Å². The van der Waals surface area contributed by atoms with Crippen molar-refractivity contribution in [3.63, 3.8) is 0 Å². The van der Waals surface area contributed by atoms with Gasteiger partial charge in [0.15, 0.2) is 17.3 Å². The number of ketones is 1. The van der Waals surface area contributed by atoms with E-state index in [0.29, 0.717) is 55.9 Å². The molecule has 1 aliphatic heterocycles. The maximum atomic E-state index is 14.2. The van der Waals surface area contributed by atoms with Crippen LogP contribution in [0.5, 0.6) is 17.2 Å². The number of piperidine rings is 1. The molecule has 0 unspecified atom stereocenters. The zero-order valence-electron chi connectivity index (χ0n) is 29.6. The number of Topliss-reactive ketones (excluding diaryl/α,β-unsaturated/α-hetero) is 1. The zero-order chi connectivity index (χ0) is 34.8. The lowest BCUT2D eigenvalue weighted by atomic mass is 9.91. The van der Waals surface area contributed by atoms with Gasteiger partial charge in [-0.3, -0.25) is 9.59 Å². The van der Waals surface area contributed by atoms with E-state index in [1.54, 1.807) is 32.1 Å². The summed E-state index contributed by atoms with van der Waals surface area (Å²) in [5.41, 5.74) is 6.09. The van der Waals surface area contributed by atoms with E-state index in [4.69, 9.17) is 18.9 Å². The zero-order valence-corrected chi connectivity index (χ0v) is 29.6. The topological polar surface area (TPSA) is 91.4 Å². The number of carbonyl (C=O) groups excluding carboxylic acids is 3. The molecule has 258 valence electrons. The highest BCUT2D eigenvalue weighted by atomic mass is 16.5. The number of benzene rings is 3. The molecule has 0 radical (unpaired) electrons. The summed E-state index contributed by atoms with van der Waals surface area (Å²) in [6.45, 7) is 10.4. The molecule has 8 heteroatoms. The van der Waals surface area contributed by atoms with Crippen molar-refractivity contribution in [3.8, 4) is 17.2 Å². The first-order valence-corrected chi connectivity index (χ1v) is 17.1. The third kappa shape index (κ3) is 8.97.